The fraction of sp³-hybridized carbons (Fsp3) is 0.643. The smallest absolute Gasteiger partial charge is 0.223 e. The van der Waals surface area contributed by atoms with E-state index in [1.807, 2.05) is 11.3 Å². The van der Waals surface area contributed by atoms with Crippen LogP contribution in [0.25, 0.3) is 0 Å². The summed E-state index contributed by atoms with van der Waals surface area (Å²) in [6.07, 6.45) is 5.01. The molecule has 3 rings (SSSR count). The van der Waals surface area contributed by atoms with Crippen LogP contribution < -0.4 is 5.73 Å². The van der Waals surface area contributed by atoms with Crippen LogP contribution in [0.5, 0.6) is 0 Å². The summed E-state index contributed by atoms with van der Waals surface area (Å²) < 4.78 is 0. The van der Waals surface area contributed by atoms with Crippen LogP contribution in [0.4, 0.5) is 0 Å². The zero-order chi connectivity index (χ0) is 12.5. The average Bonchev–Trinajstić information content (AvgIpc) is 3.11. The first kappa shape index (κ1) is 12.2. The number of hydrogen-bond donors (Lipinski definition) is 1. The SMILES string of the molecule is NCCCC(=O)N1CCc2sccc2C1C1CC1. The molecule has 0 bridgehead atoms. The van der Waals surface area contributed by atoms with E-state index < -0.39 is 0 Å². The summed E-state index contributed by atoms with van der Waals surface area (Å²) in [4.78, 5) is 15.9. The second-order valence-corrected chi connectivity index (χ2v) is 6.31. The van der Waals surface area contributed by atoms with E-state index in [2.05, 4.69) is 16.3 Å². The average molecular weight is 264 g/mol. The van der Waals surface area contributed by atoms with Crippen LogP contribution in [0, 0.1) is 5.92 Å². The van der Waals surface area contributed by atoms with Gasteiger partial charge in [-0.2, -0.15) is 0 Å². The fourth-order valence-corrected chi connectivity index (χ4v) is 3.86. The molecule has 1 fully saturated rings. The Labute approximate surface area is 112 Å². The van der Waals surface area contributed by atoms with Crippen molar-refractivity contribution in [1.82, 2.24) is 4.90 Å². The van der Waals surface area contributed by atoms with Gasteiger partial charge in [0.2, 0.25) is 5.91 Å². The minimum Gasteiger partial charge on any atom is -0.335 e. The number of nitrogens with two attached hydrogens (primary N) is 1. The normalized spacial score (nSPS) is 22.9. The van der Waals surface area contributed by atoms with Gasteiger partial charge in [-0.25, -0.2) is 0 Å². The van der Waals surface area contributed by atoms with Crippen molar-refractivity contribution >= 4 is 17.2 Å². The van der Waals surface area contributed by atoms with Gasteiger partial charge in [0.05, 0.1) is 6.04 Å². The number of carbonyl (C=O) groups is 1. The second kappa shape index (κ2) is 5.02. The summed E-state index contributed by atoms with van der Waals surface area (Å²) in [5.74, 6) is 1.01. The maximum Gasteiger partial charge on any atom is 0.223 e. The van der Waals surface area contributed by atoms with E-state index in [1.165, 1.54) is 23.3 Å². The van der Waals surface area contributed by atoms with E-state index in [-0.39, 0.29) is 0 Å². The van der Waals surface area contributed by atoms with Gasteiger partial charge in [-0.05, 0) is 55.2 Å². The van der Waals surface area contributed by atoms with Gasteiger partial charge in [0.25, 0.3) is 0 Å². The Balaban J connectivity index is 1.80. The van der Waals surface area contributed by atoms with Gasteiger partial charge >= 0.3 is 0 Å². The van der Waals surface area contributed by atoms with Gasteiger partial charge in [0.1, 0.15) is 0 Å². The second-order valence-electron chi connectivity index (χ2n) is 5.31. The van der Waals surface area contributed by atoms with Gasteiger partial charge in [0, 0.05) is 17.8 Å². The summed E-state index contributed by atoms with van der Waals surface area (Å²) in [6.45, 7) is 1.51. The molecule has 1 amide bonds. The molecule has 2 N–H and O–H groups in total. The van der Waals surface area contributed by atoms with Gasteiger partial charge in [-0.3, -0.25) is 4.79 Å². The molecular weight excluding hydrogens is 244 g/mol. The molecular formula is C14H20N2OS. The number of hydrogen-bond acceptors (Lipinski definition) is 3. The molecule has 1 atom stereocenters. The number of amides is 1. The van der Waals surface area contributed by atoms with Gasteiger partial charge in [0.15, 0.2) is 0 Å². The highest BCUT2D eigenvalue weighted by Gasteiger charge is 2.41. The van der Waals surface area contributed by atoms with Crippen LogP contribution in [0.2, 0.25) is 0 Å². The highest BCUT2D eigenvalue weighted by molar-refractivity contribution is 7.10. The minimum absolute atomic E-state index is 0.300. The van der Waals surface area contributed by atoms with Gasteiger partial charge < -0.3 is 10.6 Å². The van der Waals surface area contributed by atoms with E-state index in [4.69, 9.17) is 5.73 Å². The molecule has 0 aromatic carbocycles. The predicted octanol–water partition coefficient (Wildman–Crippen LogP) is 2.32. The Morgan fingerprint density at radius 3 is 3.06 bits per heavy atom. The first-order valence-corrected chi connectivity index (χ1v) is 7.75. The van der Waals surface area contributed by atoms with E-state index in [1.54, 1.807) is 0 Å². The lowest BCUT2D eigenvalue weighted by atomic mass is 9.95. The van der Waals surface area contributed by atoms with Crippen molar-refractivity contribution in [2.75, 3.05) is 13.1 Å². The Morgan fingerprint density at radius 2 is 2.33 bits per heavy atom. The van der Waals surface area contributed by atoms with Crippen LogP contribution in [0.15, 0.2) is 11.4 Å². The Morgan fingerprint density at radius 1 is 1.50 bits per heavy atom. The standard InChI is InChI=1S/C14H20N2OS/c15-7-1-2-13(17)16-8-5-12-11(6-9-18-12)14(16)10-3-4-10/h6,9-10,14H,1-5,7-8,15H2. The quantitative estimate of drug-likeness (QED) is 0.907. The molecule has 1 aliphatic carbocycles. The summed E-state index contributed by atoms with van der Waals surface area (Å²) >= 11 is 1.85. The lowest BCUT2D eigenvalue weighted by molar-refractivity contribution is -0.134. The predicted molar refractivity (Wildman–Crippen MR) is 73.5 cm³/mol. The van der Waals surface area contributed by atoms with Crippen LogP contribution in [0.1, 0.15) is 42.2 Å². The highest BCUT2D eigenvalue weighted by atomic mass is 32.1. The molecule has 4 heteroatoms. The van der Waals surface area contributed by atoms with Crippen LogP contribution in [0.3, 0.4) is 0 Å². The number of thiophene rings is 1. The maximum atomic E-state index is 12.3. The number of fused-ring (bicyclic) bond motifs is 1. The maximum absolute atomic E-state index is 12.3. The molecule has 98 valence electrons. The third kappa shape index (κ3) is 2.19. The van der Waals surface area contributed by atoms with E-state index in [9.17, 15) is 4.79 Å². The van der Waals surface area contributed by atoms with Crippen LogP contribution >= 0.6 is 11.3 Å². The zero-order valence-electron chi connectivity index (χ0n) is 10.6. The zero-order valence-corrected chi connectivity index (χ0v) is 11.4. The van der Waals surface area contributed by atoms with Gasteiger partial charge in [-0.1, -0.05) is 0 Å². The minimum atomic E-state index is 0.300. The van der Waals surface area contributed by atoms with Crippen molar-refractivity contribution in [2.24, 2.45) is 11.7 Å². The van der Waals surface area contributed by atoms with Crippen molar-refractivity contribution in [2.45, 2.75) is 38.1 Å². The number of rotatable bonds is 4. The molecule has 0 spiro atoms. The topological polar surface area (TPSA) is 46.3 Å². The Kier molecular flexibility index (Phi) is 3.39. The summed E-state index contributed by atoms with van der Waals surface area (Å²) in [5.41, 5.74) is 6.93. The fourth-order valence-electron chi connectivity index (χ4n) is 2.94. The first-order valence-electron chi connectivity index (χ1n) is 6.87. The Bertz CT molecular complexity index is 439. The van der Waals surface area contributed by atoms with Crippen LogP contribution in [-0.4, -0.2) is 23.9 Å². The molecule has 1 aromatic rings. The molecule has 0 saturated heterocycles. The van der Waals surface area contributed by atoms with Crippen molar-refractivity contribution < 1.29 is 4.79 Å². The molecule has 0 radical (unpaired) electrons. The largest absolute Gasteiger partial charge is 0.335 e. The third-order valence-electron chi connectivity index (χ3n) is 4.00. The van der Waals surface area contributed by atoms with E-state index in [0.717, 1.165) is 19.4 Å². The summed E-state index contributed by atoms with van der Waals surface area (Å²) in [7, 11) is 0. The lowest BCUT2D eigenvalue weighted by Gasteiger charge is -2.36. The highest BCUT2D eigenvalue weighted by Crippen LogP contribution is 2.48. The molecule has 18 heavy (non-hydrogen) atoms. The van der Waals surface area contributed by atoms with Gasteiger partial charge in [-0.15, -0.1) is 11.3 Å². The Hall–Kier alpha value is -0.870. The molecule has 2 heterocycles. The summed E-state index contributed by atoms with van der Waals surface area (Å²) in [5, 5.41) is 2.17. The summed E-state index contributed by atoms with van der Waals surface area (Å²) in [6, 6.07) is 2.59. The molecule has 1 unspecified atom stereocenters. The molecule has 1 aliphatic heterocycles. The number of carbonyl (C=O) groups excluding carboxylic acids is 1. The van der Waals surface area contributed by atoms with Crippen molar-refractivity contribution in [3.63, 3.8) is 0 Å². The van der Waals surface area contributed by atoms with E-state index in [0.29, 0.717) is 30.8 Å². The van der Waals surface area contributed by atoms with Crippen molar-refractivity contribution in [1.29, 1.82) is 0 Å². The third-order valence-corrected chi connectivity index (χ3v) is 4.99. The first-order chi connectivity index (χ1) is 8.81. The molecule has 2 aliphatic rings. The van der Waals surface area contributed by atoms with E-state index >= 15 is 0 Å². The van der Waals surface area contributed by atoms with Crippen molar-refractivity contribution in [3.05, 3.63) is 21.9 Å². The molecule has 3 nitrogen and oxygen atoms in total. The van der Waals surface area contributed by atoms with Crippen molar-refractivity contribution in [3.8, 4) is 0 Å². The molecule has 1 saturated carbocycles. The lowest BCUT2D eigenvalue weighted by Crippen LogP contribution is -2.40. The monoisotopic (exact) mass is 264 g/mol. The van der Waals surface area contributed by atoms with Crippen LogP contribution in [-0.2, 0) is 11.2 Å². The molecule has 1 aromatic heterocycles. The number of nitrogens with zero attached hydrogens (tertiary/aromatic N) is 1.